The van der Waals surface area contributed by atoms with Crippen molar-refractivity contribution in [1.82, 2.24) is 0 Å². The molecule has 0 radical (unpaired) electrons. The highest BCUT2D eigenvalue weighted by Gasteiger charge is 2.53. The molecule has 12 aromatic rings. The Bertz CT molecular complexity index is 3740. The largest absolute Gasteiger partial charge is 0.310 e. The maximum Gasteiger partial charge on any atom is 0.0728 e. The Morgan fingerprint density at radius 1 is 0.185 bits per heavy atom. The van der Waals surface area contributed by atoms with E-state index in [1.807, 2.05) is 0 Å². The molecule has 81 heavy (non-hydrogen) atoms. The molecule has 0 aliphatic heterocycles. The molecule has 0 fully saturated rings. The molecule has 0 atom stereocenters. The summed E-state index contributed by atoms with van der Waals surface area (Å²) in [6, 6.07) is 108. The fraction of sp³-hybridized carbons (Fsp3) is 0.0649. The Kier molecular flexibility index (Phi) is 12.3. The summed E-state index contributed by atoms with van der Waals surface area (Å²) in [6.45, 7) is 8.72. The Labute approximate surface area is 476 Å². The van der Waals surface area contributed by atoms with Crippen LogP contribution in [-0.4, -0.2) is 0 Å². The lowest BCUT2D eigenvalue weighted by Crippen LogP contribution is -2.27. The zero-order chi connectivity index (χ0) is 54.6. The number of hydrogen-bond donors (Lipinski definition) is 0. The topological polar surface area (TPSA) is 13.0 Å². The minimum Gasteiger partial charge on any atom is -0.310 e. The van der Waals surface area contributed by atoms with E-state index in [0.717, 1.165) is 68.2 Å². The number of anilines is 12. The SMILES string of the molecule is Cc1cccc(N(c2ccccc2)c2ccc3c(c2)C2(c4cc(N(c5ccccc5)c5cccc(C)c5)ccc4-3)c3cc(N(c4ccccc4)c4cccc(C)c4)ccc3-c3ccc(N(c4ccccc4)c4cccc(C)c4)cc32)c1. The number of para-hydroxylation sites is 4. The lowest BCUT2D eigenvalue weighted by molar-refractivity contribution is 0.793. The van der Waals surface area contributed by atoms with Crippen molar-refractivity contribution in [3.63, 3.8) is 0 Å². The Morgan fingerprint density at radius 3 is 0.593 bits per heavy atom. The smallest absolute Gasteiger partial charge is 0.0728 e. The predicted molar refractivity (Wildman–Crippen MR) is 340 cm³/mol. The van der Waals surface area contributed by atoms with Crippen molar-refractivity contribution in [3.05, 3.63) is 336 Å². The third-order valence-corrected chi connectivity index (χ3v) is 16.3. The van der Waals surface area contributed by atoms with E-state index in [1.165, 1.54) is 66.8 Å². The molecule has 0 N–H and O–H groups in total. The van der Waals surface area contributed by atoms with Gasteiger partial charge in [0.05, 0.1) is 5.41 Å². The molecule has 0 saturated carbocycles. The van der Waals surface area contributed by atoms with Gasteiger partial charge in [-0.3, -0.25) is 0 Å². The van der Waals surface area contributed by atoms with Gasteiger partial charge in [-0.05, 0) is 240 Å². The third-order valence-electron chi connectivity index (χ3n) is 16.3. The number of nitrogens with zero attached hydrogens (tertiary/aromatic N) is 4. The number of benzene rings is 12. The summed E-state index contributed by atoms with van der Waals surface area (Å²) in [5.74, 6) is 0. The lowest BCUT2D eigenvalue weighted by atomic mass is 9.70. The second-order valence-corrected chi connectivity index (χ2v) is 21.7. The molecule has 4 nitrogen and oxygen atoms in total. The summed E-state index contributed by atoms with van der Waals surface area (Å²) >= 11 is 0. The maximum absolute atomic E-state index is 2.52. The number of fused-ring (bicyclic) bond motifs is 10. The number of hydrogen-bond acceptors (Lipinski definition) is 4. The van der Waals surface area contributed by atoms with Gasteiger partial charge in [-0.2, -0.15) is 0 Å². The lowest BCUT2D eigenvalue weighted by Gasteiger charge is -2.35. The molecule has 4 heteroatoms. The van der Waals surface area contributed by atoms with Crippen molar-refractivity contribution in [2.45, 2.75) is 33.1 Å². The maximum atomic E-state index is 2.52. The first-order valence-electron chi connectivity index (χ1n) is 28.1. The van der Waals surface area contributed by atoms with Crippen LogP contribution in [0, 0.1) is 27.7 Å². The van der Waals surface area contributed by atoms with Gasteiger partial charge in [-0.15, -0.1) is 0 Å². The van der Waals surface area contributed by atoms with Crippen LogP contribution in [0.25, 0.3) is 22.3 Å². The van der Waals surface area contributed by atoms with Gasteiger partial charge >= 0.3 is 0 Å². The number of rotatable bonds is 12. The molecule has 0 bridgehead atoms. The average Bonchev–Trinajstić information content (AvgIpc) is 2.41. The fourth-order valence-corrected chi connectivity index (χ4v) is 12.9. The van der Waals surface area contributed by atoms with Crippen LogP contribution in [-0.2, 0) is 5.41 Å². The molecule has 0 unspecified atom stereocenters. The van der Waals surface area contributed by atoms with E-state index in [1.54, 1.807) is 0 Å². The van der Waals surface area contributed by atoms with Crippen molar-refractivity contribution in [1.29, 1.82) is 0 Å². The van der Waals surface area contributed by atoms with E-state index in [9.17, 15) is 0 Å². The molecule has 0 aromatic heterocycles. The molecule has 0 amide bonds. The van der Waals surface area contributed by atoms with E-state index < -0.39 is 5.41 Å². The molecule has 1 spiro atoms. The molecular formula is C77H60N4. The zero-order valence-corrected chi connectivity index (χ0v) is 46.0. The first-order chi connectivity index (χ1) is 39.8. The molecule has 14 rings (SSSR count). The number of aryl methyl sites for hydroxylation is 4. The van der Waals surface area contributed by atoms with Gasteiger partial charge in [0.25, 0.3) is 0 Å². The van der Waals surface area contributed by atoms with Crippen molar-refractivity contribution in [2.24, 2.45) is 0 Å². The Balaban J connectivity index is 1.11. The summed E-state index contributed by atoms with van der Waals surface area (Å²) < 4.78 is 0. The monoisotopic (exact) mass is 1040 g/mol. The van der Waals surface area contributed by atoms with Crippen LogP contribution in [0.1, 0.15) is 44.5 Å². The quantitative estimate of drug-likeness (QED) is 0.121. The highest BCUT2D eigenvalue weighted by atomic mass is 15.2. The summed E-state index contributed by atoms with van der Waals surface area (Å²) in [4.78, 5) is 9.71. The van der Waals surface area contributed by atoms with Crippen molar-refractivity contribution < 1.29 is 0 Å². The van der Waals surface area contributed by atoms with Gasteiger partial charge in [0.1, 0.15) is 0 Å². The van der Waals surface area contributed by atoms with E-state index in [2.05, 4.69) is 338 Å². The van der Waals surface area contributed by atoms with Crippen LogP contribution >= 0.6 is 0 Å². The normalized spacial score (nSPS) is 12.3. The molecule has 2 aliphatic rings. The van der Waals surface area contributed by atoms with E-state index >= 15 is 0 Å². The first-order valence-corrected chi connectivity index (χ1v) is 28.1. The van der Waals surface area contributed by atoms with Gasteiger partial charge in [0.2, 0.25) is 0 Å². The van der Waals surface area contributed by atoms with Crippen molar-refractivity contribution >= 4 is 68.2 Å². The van der Waals surface area contributed by atoms with Crippen LogP contribution in [0.5, 0.6) is 0 Å². The summed E-state index contributed by atoms with van der Waals surface area (Å²) in [6.07, 6.45) is 0. The molecule has 12 aromatic carbocycles. The summed E-state index contributed by atoms with van der Waals surface area (Å²) in [5.41, 5.74) is 26.9. The van der Waals surface area contributed by atoms with Crippen LogP contribution < -0.4 is 19.6 Å². The fourth-order valence-electron chi connectivity index (χ4n) is 12.9. The van der Waals surface area contributed by atoms with Crippen LogP contribution in [0.15, 0.2) is 291 Å². The minimum absolute atomic E-state index is 0.832. The highest BCUT2D eigenvalue weighted by molar-refractivity contribution is 6.00. The van der Waals surface area contributed by atoms with E-state index in [0.29, 0.717) is 0 Å². The van der Waals surface area contributed by atoms with E-state index in [4.69, 9.17) is 0 Å². The highest BCUT2D eigenvalue weighted by Crippen LogP contribution is 2.65. The zero-order valence-electron chi connectivity index (χ0n) is 46.0. The Hall–Kier alpha value is -10.2. The van der Waals surface area contributed by atoms with Gasteiger partial charge in [0, 0.05) is 68.2 Å². The summed E-state index contributed by atoms with van der Waals surface area (Å²) in [7, 11) is 0. The minimum atomic E-state index is -0.832. The van der Waals surface area contributed by atoms with Crippen LogP contribution in [0.3, 0.4) is 0 Å². The molecule has 0 heterocycles. The van der Waals surface area contributed by atoms with Gasteiger partial charge < -0.3 is 19.6 Å². The van der Waals surface area contributed by atoms with Gasteiger partial charge in [-0.1, -0.05) is 146 Å². The second-order valence-electron chi connectivity index (χ2n) is 21.7. The first kappa shape index (κ1) is 49.2. The van der Waals surface area contributed by atoms with Crippen molar-refractivity contribution in [3.8, 4) is 22.3 Å². The molecular weight excluding hydrogens is 981 g/mol. The molecule has 0 saturated heterocycles. The van der Waals surface area contributed by atoms with Crippen molar-refractivity contribution in [2.75, 3.05) is 19.6 Å². The molecule has 388 valence electrons. The predicted octanol–water partition coefficient (Wildman–Crippen LogP) is 21.1. The third kappa shape index (κ3) is 8.55. The van der Waals surface area contributed by atoms with E-state index in [-0.39, 0.29) is 0 Å². The Morgan fingerprint density at radius 2 is 0.383 bits per heavy atom. The van der Waals surface area contributed by atoms with Crippen LogP contribution in [0.4, 0.5) is 68.2 Å². The van der Waals surface area contributed by atoms with Gasteiger partial charge in [0.15, 0.2) is 0 Å². The average molecular weight is 1040 g/mol. The second kappa shape index (κ2) is 20.3. The standard InChI is InChI=1S/C77H60N4/c1-53-21-17-33-61(45-53)78(57-25-9-5-10-26-57)65-37-41-69-70-42-38-66(79(58-27-11-6-12-28-58)62-34-18-22-54(2)46-62)50-74(70)77(73(69)49-65)75-51-67(80(59-29-13-7-14-30-59)63-35-19-23-55(3)47-63)39-43-71(75)72-44-40-68(52-76(72)77)81(60-31-15-8-16-32-60)64-36-20-24-56(4)48-64/h5-52H,1-4H3. The van der Waals surface area contributed by atoms with Crippen LogP contribution in [0.2, 0.25) is 0 Å². The van der Waals surface area contributed by atoms with Gasteiger partial charge in [-0.25, -0.2) is 0 Å². The summed E-state index contributed by atoms with van der Waals surface area (Å²) in [5, 5.41) is 0. The molecule has 2 aliphatic carbocycles.